The van der Waals surface area contributed by atoms with Crippen LogP contribution in [-0.4, -0.2) is 28.0 Å². The van der Waals surface area contributed by atoms with Gasteiger partial charge in [0.05, 0.1) is 22.7 Å². The fourth-order valence-electron chi connectivity index (χ4n) is 3.24. The lowest BCUT2D eigenvalue weighted by molar-refractivity contribution is -0.119. The van der Waals surface area contributed by atoms with Crippen molar-refractivity contribution in [2.75, 3.05) is 18.0 Å². The van der Waals surface area contributed by atoms with E-state index < -0.39 is 22.5 Å². The van der Waals surface area contributed by atoms with E-state index in [1.165, 1.54) is 37.4 Å². The van der Waals surface area contributed by atoms with Crippen molar-refractivity contribution in [3.8, 4) is 11.5 Å². The maximum Gasteiger partial charge on any atom is 0.278 e. The Kier molecular flexibility index (Phi) is 7.11. The number of aryl methyl sites for hydroxylation is 2. The molecule has 0 radical (unpaired) electrons. The minimum absolute atomic E-state index is 0.0248. The lowest BCUT2D eigenvalue weighted by Gasteiger charge is -2.24. The van der Waals surface area contributed by atoms with Crippen molar-refractivity contribution in [3.05, 3.63) is 82.4 Å². The molecule has 0 bridgehead atoms. The van der Waals surface area contributed by atoms with Gasteiger partial charge < -0.3 is 9.47 Å². The van der Waals surface area contributed by atoms with Crippen LogP contribution in [0.4, 0.5) is 5.69 Å². The monoisotopic (exact) mass is 473 g/mol. The fraction of sp³-hybridized carbons (Fsp3) is 0.208. The molecule has 8 heteroatoms. The van der Waals surface area contributed by atoms with Gasteiger partial charge in [-0.25, -0.2) is 8.42 Å². The predicted molar refractivity (Wildman–Crippen MR) is 125 cm³/mol. The Hall–Kier alpha value is -3.03. The number of methoxy groups -OCH3 is 1. The van der Waals surface area contributed by atoms with Crippen LogP contribution in [0.3, 0.4) is 0 Å². The zero-order valence-electron chi connectivity index (χ0n) is 18.3. The average molecular weight is 474 g/mol. The number of sulfonamides is 1. The molecule has 0 aliphatic heterocycles. The number of hydrogen-bond acceptors (Lipinski definition) is 5. The van der Waals surface area contributed by atoms with Crippen LogP contribution >= 0.6 is 11.6 Å². The van der Waals surface area contributed by atoms with Crippen molar-refractivity contribution in [3.63, 3.8) is 0 Å². The van der Waals surface area contributed by atoms with Crippen LogP contribution in [0.25, 0.3) is 0 Å². The summed E-state index contributed by atoms with van der Waals surface area (Å²) in [5, 5.41) is 0.178. The summed E-state index contributed by atoms with van der Waals surface area (Å²) in [6, 6.07) is 15.9. The first-order chi connectivity index (χ1) is 15.2. The van der Waals surface area contributed by atoms with Gasteiger partial charge in [0.15, 0.2) is 6.61 Å². The predicted octanol–water partition coefficient (Wildman–Crippen LogP) is 5.07. The molecule has 0 saturated heterocycles. The van der Waals surface area contributed by atoms with Gasteiger partial charge in [-0.1, -0.05) is 41.9 Å². The molecule has 6 nitrogen and oxygen atoms in total. The van der Waals surface area contributed by atoms with E-state index >= 15 is 0 Å². The highest BCUT2D eigenvalue weighted by Gasteiger charge is 2.32. The number of hydrogen-bond donors (Lipinski definition) is 0. The SMILES string of the molecule is COc1ccc(N(C(=O)COc2c(C)ccc(C)c2C)S(=O)(=O)c2ccccc2)cc1Cl. The Labute approximate surface area is 193 Å². The van der Waals surface area contributed by atoms with Crippen molar-refractivity contribution in [2.24, 2.45) is 0 Å². The van der Waals surface area contributed by atoms with Crippen LogP contribution in [0.1, 0.15) is 16.7 Å². The Morgan fingerprint density at radius 1 is 0.969 bits per heavy atom. The highest BCUT2D eigenvalue weighted by atomic mass is 35.5. The summed E-state index contributed by atoms with van der Waals surface area (Å²) in [6.45, 7) is 5.23. The molecule has 168 valence electrons. The summed E-state index contributed by atoms with van der Waals surface area (Å²) in [5.74, 6) is 0.167. The van der Waals surface area contributed by atoms with E-state index in [1.807, 2.05) is 32.9 Å². The van der Waals surface area contributed by atoms with Crippen LogP contribution in [0.2, 0.25) is 5.02 Å². The molecule has 0 saturated carbocycles. The number of halogens is 1. The third-order valence-corrected chi connectivity index (χ3v) is 7.15. The number of nitrogens with zero attached hydrogens (tertiary/aromatic N) is 1. The fourth-order valence-corrected chi connectivity index (χ4v) is 4.91. The summed E-state index contributed by atoms with van der Waals surface area (Å²) in [6.07, 6.45) is 0. The molecule has 3 rings (SSSR count). The maximum absolute atomic E-state index is 13.4. The van der Waals surface area contributed by atoms with Crippen LogP contribution in [0.5, 0.6) is 11.5 Å². The Bertz CT molecular complexity index is 1240. The first-order valence-corrected chi connectivity index (χ1v) is 11.6. The number of ether oxygens (including phenoxy) is 2. The Balaban J connectivity index is 2.02. The Morgan fingerprint density at radius 2 is 1.62 bits per heavy atom. The average Bonchev–Trinajstić information content (AvgIpc) is 2.77. The van der Waals surface area contributed by atoms with Gasteiger partial charge in [-0.2, -0.15) is 4.31 Å². The molecule has 0 N–H and O–H groups in total. The molecule has 0 aliphatic rings. The van der Waals surface area contributed by atoms with Crippen LogP contribution in [0, 0.1) is 20.8 Å². The summed E-state index contributed by atoms with van der Waals surface area (Å²) in [4.78, 5) is 13.2. The van der Waals surface area contributed by atoms with Crippen molar-refractivity contribution in [2.45, 2.75) is 25.7 Å². The van der Waals surface area contributed by atoms with Gasteiger partial charge in [-0.15, -0.1) is 0 Å². The van der Waals surface area contributed by atoms with Gasteiger partial charge in [0, 0.05) is 0 Å². The molecule has 32 heavy (non-hydrogen) atoms. The van der Waals surface area contributed by atoms with E-state index in [4.69, 9.17) is 21.1 Å². The minimum Gasteiger partial charge on any atom is -0.495 e. The highest BCUT2D eigenvalue weighted by Crippen LogP contribution is 2.32. The summed E-state index contributed by atoms with van der Waals surface area (Å²) >= 11 is 6.22. The topological polar surface area (TPSA) is 72.9 Å². The molecule has 3 aromatic rings. The van der Waals surface area contributed by atoms with E-state index in [9.17, 15) is 13.2 Å². The molecular weight excluding hydrogens is 450 g/mol. The van der Waals surface area contributed by atoms with E-state index in [-0.39, 0.29) is 15.6 Å². The van der Waals surface area contributed by atoms with Gasteiger partial charge in [0.25, 0.3) is 15.9 Å². The largest absolute Gasteiger partial charge is 0.495 e. The second kappa shape index (κ2) is 9.63. The van der Waals surface area contributed by atoms with E-state index in [0.717, 1.165) is 16.7 Å². The van der Waals surface area contributed by atoms with Gasteiger partial charge in [-0.05, 0) is 67.8 Å². The first-order valence-electron chi connectivity index (χ1n) is 9.83. The smallest absolute Gasteiger partial charge is 0.278 e. The standard InChI is InChI=1S/C24H24ClNO5S/c1-16-10-11-17(2)24(18(16)3)31-15-23(27)26(19-12-13-22(30-4)21(25)14-19)32(28,29)20-8-6-5-7-9-20/h5-14H,15H2,1-4H3. The van der Waals surface area contributed by atoms with Crippen LogP contribution in [-0.2, 0) is 14.8 Å². The molecule has 0 aliphatic carbocycles. The second-order valence-electron chi connectivity index (χ2n) is 7.24. The molecule has 0 spiro atoms. The van der Waals surface area contributed by atoms with Crippen molar-refractivity contribution >= 4 is 33.2 Å². The zero-order chi connectivity index (χ0) is 23.5. The molecular formula is C24H24ClNO5S. The molecule has 0 fully saturated rings. The highest BCUT2D eigenvalue weighted by molar-refractivity contribution is 7.93. The lowest BCUT2D eigenvalue weighted by atomic mass is 10.1. The number of carbonyl (C=O) groups is 1. The van der Waals surface area contributed by atoms with Crippen molar-refractivity contribution in [1.82, 2.24) is 0 Å². The Morgan fingerprint density at radius 3 is 2.25 bits per heavy atom. The summed E-state index contributed by atoms with van der Waals surface area (Å²) in [5.41, 5.74) is 2.84. The van der Waals surface area contributed by atoms with Gasteiger partial charge in [0.1, 0.15) is 11.5 Å². The number of carbonyl (C=O) groups excluding carboxylic acids is 1. The normalized spacial score (nSPS) is 11.2. The third kappa shape index (κ3) is 4.74. The van der Waals surface area contributed by atoms with Crippen LogP contribution < -0.4 is 13.8 Å². The maximum atomic E-state index is 13.4. The second-order valence-corrected chi connectivity index (χ2v) is 9.43. The number of benzene rings is 3. The number of rotatable bonds is 7. The van der Waals surface area contributed by atoms with Crippen molar-refractivity contribution < 1.29 is 22.7 Å². The van der Waals surface area contributed by atoms with Crippen molar-refractivity contribution in [1.29, 1.82) is 0 Å². The quantitative estimate of drug-likeness (QED) is 0.478. The molecule has 0 aromatic heterocycles. The summed E-state index contributed by atoms with van der Waals surface area (Å²) in [7, 11) is -2.77. The third-order valence-electron chi connectivity index (χ3n) is 5.09. The van der Waals surface area contributed by atoms with Gasteiger partial charge >= 0.3 is 0 Å². The molecule has 0 atom stereocenters. The molecule has 0 heterocycles. The minimum atomic E-state index is -4.22. The van der Waals surface area contributed by atoms with Crippen LogP contribution in [0.15, 0.2) is 65.6 Å². The van der Waals surface area contributed by atoms with E-state index in [1.54, 1.807) is 18.2 Å². The van der Waals surface area contributed by atoms with E-state index in [2.05, 4.69) is 0 Å². The van der Waals surface area contributed by atoms with E-state index in [0.29, 0.717) is 15.8 Å². The molecule has 1 amide bonds. The molecule has 0 unspecified atom stereocenters. The van der Waals surface area contributed by atoms with Gasteiger partial charge in [-0.3, -0.25) is 4.79 Å². The summed E-state index contributed by atoms with van der Waals surface area (Å²) < 4.78 is 38.5. The number of anilines is 1. The zero-order valence-corrected chi connectivity index (χ0v) is 19.8. The lowest BCUT2D eigenvalue weighted by Crippen LogP contribution is -2.40. The molecule has 3 aromatic carbocycles. The van der Waals surface area contributed by atoms with Gasteiger partial charge in [0.2, 0.25) is 0 Å². The number of amides is 1. The first kappa shape index (κ1) is 23.6.